The maximum Gasteiger partial charge on any atom is 0.340 e. The number of hydrogen-bond acceptors (Lipinski definition) is 5. The van der Waals surface area contributed by atoms with E-state index in [1.165, 1.54) is 7.11 Å². The summed E-state index contributed by atoms with van der Waals surface area (Å²) < 4.78 is 10.4. The summed E-state index contributed by atoms with van der Waals surface area (Å²) in [6.07, 6.45) is 2.82. The minimum absolute atomic E-state index is 0.363. The normalized spacial score (nSPS) is 21.7. The number of carbonyl (C=O) groups is 1. The van der Waals surface area contributed by atoms with E-state index >= 15 is 0 Å². The molecule has 0 bridgehead atoms. The van der Waals surface area contributed by atoms with E-state index in [-0.39, 0.29) is 5.97 Å². The third-order valence-corrected chi connectivity index (χ3v) is 5.42. The average molecular weight is 362 g/mol. The predicted molar refractivity (Wildman–Crippen MR) is 106 cm³/mol. The van der Waals surface area contributed by atoms with Gasteiger partial charge in [-0.25, -0.2) is 4.79 Å². The van der Waals surface area contributed by atoms with Crippen LogP contribution >= 0.6 is 0 Å². The molecule has 138 valence electrons. The van der Waals surface area contributed by atoms with Crippen molar-refractivity contribution < 1.29 is 14.3 Å². The number of ether oxygens (including phenoxy) is 2. The molecule has 0 amide bonds. The van der Waals surface area contributed by atoms with Gasteiger partial charge in [0.25, 0.3) is 0 Å². The van der Waals surface area contributed by atoms with E-state index in [9.17, 15) is 4.79 Å². The average Bonchev–Trinajstić information content (AvgIpc) is 3.29. The fourth-order valence-electron chi connectivity index (χ4n) is 4.04. The Hall–Kier alpha value is -3.08. The lowest BCUT2D eigenvalue weighted by molar-refractivity contribution is -0.133. The highest BCUT2D eigenvalue weighted by Crippen LogP contribution is 2.48. The van der Waals surface area contributed by atoms with Crippen LogP contribution in [0.3, 0.4) is 0 Å². The summed E-state index contributed by atoms with van der Waals surface area (Å²) in [4.78, 5) is 17.5. The molecule has 5 heteroatoms. The molecule has 2 aliphatic rings. The van der Waals surface area contributed by atoms with Crippen molar-refractivity contribution in [3.05, 3.63) is 64.9 Å². The lowest BCUT2D eigenvalue weighted by atomic mass is 9.76. The van der Waals surface area contributed by atoms with Crippen molar-refractivity contribution in [1.29, 1.82) is 0 Å². The van der Waals surface area contributed by atoms with Gasteiger partial charge in [-0.1, -0.05) is 30.3 Å². The Morgan fingerprint density at radius 1 is 1.15 bits per heavy atom. The standard InChI is InChI=1S/C22H22N2O3/c1-14-5-4-6-17-19(14)24-13-22(17)11-12-23-20(22)18(21(25)27-3)15-7-9-16(26-2)10-8-15/h4-10,13,23H,11-12H2,1-3H3/b20-18-. The van der Waals surface area contributed by atoms with E-state index in [1.807, 2.05) is 36.5 Å². The highest BCUT2D eigenvalue weighted by atomic mass is 16.5. The molecule has 0 saturated carbocycles. The van der Waals surface area contributed by atoms with Crippen LogP contribution in [0.25, 0.3) is 5.57 Å². The topological polar surface area (TPSA) is 59.9 Å². The Morgan fingerprint density at radius 3 is 2.63 bits per heavy atom. The number of esters is 1. The van der Waals surface area contributed by atoms with Gasteiger partial charge in [0, 0.05) is 18.5 Å². The number of aryl methyl sites for hydroxylation is 1. The van der Waals surface area contributed by atoms with Crippen molar-refractivity contribution >= 4 is 23.4 Å². The smallest absolute Gasteiger partial charge is 0.340 e. The second-order valence-electron chi connectivity index (χ2n) is 6.85. The van der Waals surface area contributed by atoms with Crippen molar-refractivity contribution in [3.8, 4) is 5.75 Å². The second-order valence-corrected chi connectivity index (χ2v) is 6.85. The van der Waals surface area contributed by atoms with Crippen LogP contribution in [0.2, 0.25) is 0 Å². The summed E-state index contributed by atoms with van der Waals surface area (Å²) in [5, 5.41) is 3.45. The molecule has 1 N–H and O–H groups in total. The Kier molecular flexibility index (Phi) is 4.22. The molecule has 0 aromatic heterocycles. The second kappa shape index (κ2) is 6.58. The molecule has 27 heavy (non-hydrogen) atoms. The Bertz CT molecular complexity index is 960. The van der Waals surface area contributed by atoms with E-state index in [0.29, 0.717) is 5.57 Å². The molecule has 1 atom stereocenters. The van der Waals surface area contributed by atoms with Gasteiger partial charge in [0.05, 0.1) is 30.9 Å². The number of allylic oxidation sites excluding steroid dienone is 1. The number of benzene rings is 2. The summed E-state index contributed by atoms with van der Waals surface area (Å²) in [5.74, 6) is 0.379. The molecule has 2 aliphatic heterocycles. The highest BCUT2D eigenvalue weighted by molar-refractivity contribution is 6.19. The molecule has 1 unspecified atom stereocenters. The fraction of sp³-hybridized carbons (Fsp3) is 0.273. The molecule has 2 aromatic carbocycles. The van der Waals surface area contributed by atoms with E-state index in [4.69, 9.17) is 14.5 Å². The summed E-state index contributed by atoms with van der Waals surface area (Å²) >= 11 is 0. The van der Waals surface area contributed by atoms with Crippen LogP contribution in [-0.4, -0.2) is 32.9 Å². The van der Waals surface area contributed by atoms with Crippen LogP contribution < -0.4 is 10.1 Å². The fourth-order valence-corrected chi connectivity index (χ4v) is 4.04. The van der Waals surface area contributed by atoms with Gasteiger partial charge in [0.15, 0.2) is 0 Å². The van der Waals surface area contributed by atoms with Crippen molar-refractivity contribution in [2.24, 2.45) is 4.99 Å². The van der Waals surface area contributed by atoms with Crippen molar-refractivity contribution in [2.45, 2.75) is 18.8 Å². The zero-order valence-corrected chi connectivity index (χ0v) is 15.7. The van der Waals surface area contributed by atoms with Gasteiger partial charge < -0.3 is 14.8 Å². The molecule has 2 aromatic rings. The van der Waals surface area contributed by atoms with E-state index < -0.39 is 5.41 Å². The number of aliphatic imine (C=N–C) groups is 1. The van der Waals surface area contributed by atoms with Crippen LogP contribution in [-0.2, 0) is 14.9 Å². The minimum Gasteiger partial charge on any atom is -0.497 e. The quantitative estimate of drug-likeness (QED) is 0.670. The van der Waals surface area contributed by atoms with Crippen molar-refractivity contribution in [2.75, 3.05) is 20.8 Å². The minimum atomic E-state index is -0.426. The summed E-state index contributed by atoms with van der Waals surface area (Å²) in [6.45, 7) is 2.83. The number of hydrogen-bond donors (Lipinski definition) is 1. The summed E-state index contributed by atoms with van der Waals surface area (Å²) in [7, 11) is 3.03. The van der Waals surface area contributed by atoms with Crippen LogP contribution in [0.1, 0.15) is 23.1 Å². The van der Waals surface area contributed by atoms with Gasteiger partial charge in [-0.15, -0.1) is 0 Å². The number of methoxy groups -OCH3 is 2. The lowest BCUT2D eigenvalue weighted by Gasteiger charge is -2.25. The first-order valence-electron chi connectivity index (χ1n) is 8.97. The van der Waals surface area contributed by atoms with Crippen LogP contribution in [0.5, 0.6) is 5.75 Å². The number of rotatable bonds is 3. The van der Waals surface area contributed by atoms with E-state index in [2.05, 4.69) is 24.4 Å². The summed E-state index contributed by atoms with van der Waals surface area (Å²) in [5.41, 5.74) is 5.03. The molecular weight excluding hydrogens is 340 g/mol. The van der Waals surface area contributed by atoms with E-state index in [1.54, 1.807) is 7.11 Å². The van der Waals surface area contributed by atoms with Gasteiger partial charge in [0.1, 0.15) is 5.75 Å². The molecule has 1 saturated heterocycles. The van der Waals surface area contributed by atoms with Gasteiger partial charge in [-0.3, -0.25) is 4.99 Å². The molecule has 5 nitrogen and oxygen atoms in total. The molecule has 4 rings (SSSR count). The van der Waals surface area contributed by atoms with Crippen molar-refractivity contribution in [3.63, 3.8) is 0 Å². The van der Waals surface area contributed by atoms with E-state index in [0.717, 1.165) is 46.8 Å². The number of carbonyl (C=O) groups excluding carboxylic acids is 1. The van der Waals surface area contributed by atoms with Gasteiger partial charge in [0.2, 0.25) is 0 Å². The number of para-hydroxylation sites is 1. The Labute approximate surface area is 158 Å². The predicted octanol–water partition coefficient (Wildman–Crippen LogP) is 3.53. The lowest BCUT2D eigenvalue weighted by Crippen LogP contribution is -2.29. The number of fused-ring (bicyclic) bond motifs is 2. The van der Waals surface area contributed by atoms with Gasteiger partial charge >= 0.3 is 5.97 Å². The maximum absolute atomic E-state index is 12.8. The molecule has 0 radical (unpaired) electrons. The Balaban J connectivity index is 1.93. The summed E-state index contributed by atoms with van der Waals surface area (Å²) in [6, 6.07) is 13.7. The van der Waals surface area contributed by atoms with Gasteiger partial charge in [-0.2, -0.15) is 0 Å². The number of nitrogens with zero attached hydrogens (tertiary/aromatic N) is 1. The molecule has 2 heterocycles. The first-order chi connectivity index (χ1) is 13.1. The highest BCUT2D eigenvalue weighted by Gasteiger charge is 2.46. The monoisotopic (exact) mass is 362 g/mol. The van der Waals surface area contributed by atoms with Crippen LogP contribution in [0, 0.1) is 6.92 Å². The van der Waals surface area contributed by atoms with Crippen LogP contribution in [0.15, 0.2) is 53.2 Å². The maximum atomic E-state index is 12.8. The first-order valence-corrected chi connectivity index (χ1v) is 8.97. The Morgan fingerprint density at radius 2 is 1.93 bits per heavy atom. The SMILES string of the molecule is COC(=O)/C(=C1\NCCC12C=Nc1c(C)cccc12)c1ccc(OC)cc1. The first kappa shape index (κ1) is 17.3. The molecular formula is C22H22N2O3. The zero-order valence-electron chi connectivity index (χ0n) is 15.7. The third kappa shape index (κ3) is 2.62. The van der Waals surface area contributed by atoms with Crippen molar-refractivity contribution in [1.82, 2.24) is 5.32 Å². The molecule has 1 spiro atoms. The van der Waals surface area contributed by atoms with Crippen LogP contribution in [0.4, 0.5) is 5.69 Å². The third-order valence-electron chi connectivity index (χ3n) is 5.42. The zero-order chi connectivity index (χ0) is 19.0. The largest absolute Gasteiger partial charge is 0.497 e. The van der Waals surface area contributed by atoms with Gasteiger partial charge in [-0.05, 0) is 42.2 Å². The number of nitrogens with one attached hydrogen (secondary N) is 1. The molecule has 0 aliphatic carbocycles. The molecule has 1 fully saturated rings.